The van der Waals surface area contributed by atoms with Crippen LogP contribution >= 0.6 is 0 Å². The lowest BCUT2D eigenvalue weighted by Crippen LogP contribution is -2.40. The Morgan fingerprint density at radius 1 is 1.07 bits per heavy atom. The number of nitrogens with zero attached hydrogens (tertiary/aromatic N) is 1. The molecule has 1 saturated heterocycles. The molecule has 0 bridgehead atoms. The molecule has 0 N–H and O–H groups in total. The molecule has 3 heteroatoms. The topological polar surface area (TPSA) is 37.4 Å². The summed E-state index contributed by atoms with van der Waals surface area (Å²) in [4.78, 5) is 24.8. The molecule has 14 heavy (non-hydrogen) atoms. The van der Waals surface area contributed by atoms with Crippen molar-refractivity contribution in [2.24, 2.45) is 5.41 Å². The summed E-state index contributed by atoms with van der Waals surface area (Å²) in [6.07, 6.45) is 2.06. The minimum absolute atomic E-state index is 0. The van der Waals surface area contributed by atoms with Gasteiger partial charge in [0.05, 0.1) is 0 Å². The second kappa shape index (κ2) is 4.58. The standard InChI is InChI=1S/C10H17NO2.CH4/c1-10(2,3)8(12)9(13)11-6-4-5-7-11;/h4-7H2,1-3H3;1H4. The monoisotopic (exact) mass is 199 g/mol. The van der Waals surface area contributed by atoms with Crippen LogP contribution in [-0.4, -0.2) is 29.7 Å². The summed E-state index contributed by atoms with van der Waals surface area (Å²) in [5.41, 5.74) is -0.542. The number of ketones is 1. The minimum Gasteiger partial charge on any atom is -0.336 e. The summed E-state index contributed by atoms with van der Waals surface area (Å²) in [5.74, 6) is -0.570. The highest BCUT2D eigenvalue weighted by Crippen LogP contribution is 2.18. The number of carbonyl (C=O) groups is 2. The van der Waals surface area contributed by atoms with Gasteiger partial charge in [0.25, 0.3) is 5.91 Å². The van der Waals surface area contributed by atoms with Crippen LogP contribution < -0.4 is 0 Å². The molecule has 3 nitrogen and oxygen atoms in total. The van der Waals surface area contributed by atoms with Crippen molar-refractivity contribution >= 4 is 11.7 Å². The largest absolute Gasteiger partial charge is 0.336 e. The quantitative estimate of drug-likeness (QED) is 0.604. The number of carbonyl (C=O) groups excluding carboxylic acids is 2. The summed E-state index contributed by atoms with van der Waals surface area (Å²) in [6.45, 7) is 6.84. The van der Waals surface area contributed by atoms with Gasteiger partial charge < -0.3 is 4.90 Å². The number of hydrogen-bond acceptors (Lipinski definition) is 2. The zero-order valence-corrected chi connectivity index (χ0v) is 8.59. The molecule has 0 aliphatic carbocycles. The maximum atomic E-state index is 11.6. The fraction of sp³-hybridized carbons (Fsp3) is 0.818. The van der Waals surface area contributed by atoms with Crippen LogP contribution in [0.5, 0.6) is 0 Å². The van der Waals surface area contributed by atoms with Crippen LogP contribution in [0, 0.1) is 5.41 Å². The van der Waals surface area contributed by atoms with Crippen molar-refractivity contribution in [1.82, 2.24) is 4.90 Å². The first-order valence-electron chi connectivity index (χ1n) is 4.76. The van der Waals surface area contributed by atoms with E-state index in [1.165, 1.54) is 0 Å². The van der Waals surface area contributed by atoms with Crippen LogP contribution in [0.3, 0.4) is 0 Å². The second-order valence-electron chi connectivity index (χ2n) is 4.58. The molecule has 0 aromatic heterocycles. The van der Waals surface area contributed by atoms with E-state index in [-0.39, 0.29) is 19.1 Å². The van der Waals surface area contributed by atoms with Crippen molar-refractivity contribution in [3.8, 4) is 0 Å². The molecule has 1 heterocycles. The van der Waals surface area contributed by atoms with Gasteiger partial charge in [-0.3, -0.25) is 9.59 Å². The molecule has 1 rings (SSSR count). The Bertz CT molecular complexity index is 222. The molecule has 0 radical (unpaired) electrons. The predicted octanol–water partition coefficient (Wildman–Crippen LogP) is 1.86. The summed E-state index contributed by atoms with van der Waals surface area (Å²) in [6, 6.07) is 0. The number of Topliss-reactive ketones (excluding diaryl/α,β-unsaturated/α-hetero) is 1. The molecule has 82 valence electrons. The SMILES string of the molecule is C.CC(C)(C)C(=O)C(=O)N1CCCC1. The van der Waals surface area contributed by atoms with Crippen molar-refractivity contribution in [2.45, 2.75) is 41.0 Å². The van der Waals surface area contributed by atoms with E-state index in [0.717, 1.165) is 25.9 Å². The third-order valence-corrected chi connectivity index (χ3v) is 2.27. The Morgan fingerprint density at radius 2 is 1.50 bits per heavy atom. The zero-order valence-electron chi connectivity index (χ0n) is 8.59. The van der Waals surface area contributed by atoms with Gasteiger partial charge in [-0.25, -0.2) is 0 Å². The van der Waals surface area contributed by atoms with Gasteiger partial charge >= 0.3 is 0 Å². The Labute approximate surface area is 86.5 Å². The highest BCUT2D eigenvalue weighted by Gasteiger charge is 2.32. The lowest BCUT2D eigenvalue weighted by molar-refractivity contribution is -0.148. The van der Waals surface area contributed by atoms with E-state index >= 15 is 0 Å². The van der Waals surface area contributed by atoms with E-state index in [2.05, 4.69) is 0 Å². The van der Waals surface area contributed by atoms with Crippen LogP contribution in [0.4, 0.5) is 0 Å². The van der Waals surface area contributed by atoms with E-state index in [9.17, 15) is 9.59 Å². The fourth-order valence-electron chi connectivity index (χ4n) is 1.38. The minimum atomic E-state index is -0.542. The average molecular weight is 199 g/mol. The molecule has 1 aliphatic rings. The Balaban J connectivity index is 0.00000169. The molecule has 0 saturated carbocycles. The zero-order chi connectivity index (χ0) is 10.1. The average Bonchev–Trinajstić information content (AvgIpc) is 2.51. The van der Waals surface area contributed by atoms with Crippen molar-refractivity contribution in [3.05, 3.63) is 0 Å². The summed E-state index contributed by atoms with van der Waals surface area (Å²) in [7, 11) is 0. The molecule has 1 amide bonds. The number of amides is 1. The van der Waals surface area contributed by atoms with Crippen molar-refractivity contribution in [1.29, 1.82) is 0 Å². The summed E-state index contributed by atoms with van der Waals surface area (Å²) >= 11 is 0. The van der Waals surface area contributed by atoms with E-state index < -0.39 is 5.41 Å². The van der Waals surface area contributed by atoms with Crippen LogP contribution in [-0.2, 0) is 9.59 Å². The van der Waals surface area contributed by atoms with Gasteiger partial charge in [-0.2, -0.15) is 0 Å². The Kier molecular flexibility index (Phi) is 4.30. The van der Waals surface area contributed by atoms with Gasteiger partial charge in [0.2, 0.25) is 5.78 Å². The van der Waals surface area contributed by atoms with Crippen LogP contribution in [0.15, 0.2) is 0 Å². The molecule has 0 aromatic carbocycles. The van der Waals surface area contributed by atoms with Crippen molar-refractivity contribution < 1.29 is 9.59 Å². The highest BCUT2D eigenvalue weighted by molar-refractivity contribution is 6.37. The molecule has 0 unspecified atom stereocenters. The predicted molar refractivity (Wildman–Crippen MR) is 57.0 cm³/mol. The number of hydrogen-bond donors (Lipinski definition) is 0. The maximum Gasteiger partial charge on any atom is 0.290 e. The van der Waals surface area contributed by atoms with E-state index in [1.54, 1.807) is 25.7 Å². The number of likely N-dealkylation sites (tertiary alicyclic amines) is 1. The first-order chi connectivity index (χ1) is 5.93. The smallest absolute Gasteiger partial charge is 0.290 e. The van der Waals surface area contributed by atoms with Crippen LogP contribution in [0.1, 0.15) is 41.0 Å². The molecular formula is C11H21NO2. The third-order valence-electron chi connectivity index (χ3n) is 2.27. The lowest BCUT2D eigenvalue weighted by Gasteiger charge is -2.20. The van der Waals surface area contributed by atoms with Gasteiger partial charge in [-0.1, -0.05) is 28.2 Å². The van der Waals surface area contributed by atoms with Gasteiger partial charge in [-0.15, -0.1) is 0 Å². The summed E-state index contributed by atoms with van der Waals surface area (Å²) < 4.78 is 0. The van der Waals surface area contributed by atoms with Gasteiger partial charge in [0.1, 0.15) is 0 Å². The highest BCUT2D eigenvalue weighted by atomic mass is 16.2. The summed E-state index contributed by atoms with van der Waals surface area (Å²) in [5, 5.41) is 0. The molecule has 0 atom stereocenters. The fourth-order valence-corrected chi connectivity index (χ4v) is 1.38. The van der Waals surface area contributed by atoms with Crippen molar-refractivity contribution in [3.63, 3.8) is 0 Å². The van der Waals surface area contributed by atoms with E-state index in [0.29, 0.717) is 0 Å². The molecule has 0 spiro atoms. The second-order valence-corrected chi connectivity index (χ2v) is 4.58. The number of rotatable bonds is 1. The van der Waals surface area contributed by atoms with E-state index in [1.807, 2.05) is 0 Å². The normalized spacial score (nSPS) is 16.4. The van der Waals surface area contributed by atoms with Crippen LogP contribution in [0.25, 0.3) is 0 Å². The first kappa shape index (κ1) is 13.1. The Hall–Kier alpha value is -0.860. The lowest BCUT2D eigenvalue weighted by atomic mass is 9.90. The maximum absolute atomic E-state index is 11.6. The van der Waals surface area contributed by atoms with E-state index in [4.69, 9.17) is 0 Å². The molecule has 0 aromatic rings. The van der Waals surface area contributed by atoms with Crippen LogP contribution in [0.2, 0.25) is 0 Å². The van der Waals surface area contributed by atoms with Gasteiger partial charge in [0, 0.05) is 18.5 Å². The first-order valence-corrected chi connectivity index (χ1v) is 4.76. The molecular weight excluding hydrogens is 178 g/mol. The third kappa shape index (κ3) is 2.82. The van der Waals surface area contributed by atoms with Gasteiger partial charge in [-0.05, 0) is 12.8 Å². The van der Waals surface area contributed by atoms with Crippen molar-refractivity contribution in [2.75, 3.05) is 13.1 Å². The molecule has 1 fully saturated rings. The Morgan fingerprint density at radius 3 is 1.86 bits per heavy atom. The molecule has 1 aliphatic heterocycles. The van der Waals surface area contributed by atoms with Gasteiger partial charge in [0.15, 0.2) is 0 Å².